The van der Waals surface area contributed by atoms with Crippen LogP contribution in [0.15, 0.2) is 59.7 Å². The molecule has 6 heteroatoms. The first-order valence-corrected chi connectivity index (χ1v) is 10.1. The quantitative estimate of drug-likeness (QED) is 0.289. The second-order valence-electron chi connectivity index (χ2n) is 5.92. The molecule has 5 nitrogen and oxygen atoms in total. The van der Waals surface area contributed by atoms with Crippen LogP contribution in [0, 0.1) is 3.57 Å². The molecule has 0 aliphatic carbocycles. The average Bonchev–Trinajstić information content (AvgIpc) is 2.70. The van der Waals surface area contributed by atoms with E-state index in [9.17, 15) is 4.79 Å². The Kier molecular flexibility index (Phi) is 6.86. The van der Waals surface area contributed by atoms with E-state index < -0.39 is 0 Å². The second-order valence-corrected chi connectivity index (χ2v) is 7.08. The van der Waals surface area contributed by atoms with Crippen LogP contribution < -0.4 is 14.9 Å². The fraction of sp³-hybridized carbons (Fsp3) is 0.182. The zero-order chi connectivity index (χ0) is 19.9. The van der Waals surface area contributed by atoms with E-state index in [-0.39, 0.29) is 5.91 Å². The highest BCUT2D eigenvalue weighted by molar-refractivity contribution is 14.1. The van der Waals surface area contributed by atoms with E-state index in [1.165, 1.54) is 0 Å². The normalized spacial score (nSPS) is 11.0. The average molecular weight is 488 g/mol. The zero-order valence-corrected chi connectivity index (χ0v) is 17.9. The van der Waals surface area contributed by atoms with Crippen LogP contribution in [0.1, 0.15) is 29.8 Å². The third kappa shape index (κ3) is 4.62. The summed E-state index contributed by atoms with van der Waals surface area (Å²) in [5, 5.41) is 6.03. The van der Waals surface area contributed by atoms with Gasteiger partial charge in [-0.15, -0.1) is 0 Å². The summed E-state index contributed by atoms with van der Waals surface area (Å²) >= 11 is 2.20. The number of ether oxygens (including phenoxy) is 2. The number of rotatable bonds is 7. The summed E-state index contributed by atoms with van der Waals surface area (Å²) in [6.45, 7) is 4.96. The number of nitrogens with one attached hydrogen (secondary N) is 1. The van der Waals surface area contributed by atoms with Crippen LogP contribution in [-0.2, 0) is 0 Å². The van der Waals surface area contributed by atoms with E-state index in [2.05, 4.69) is 33.1 Å². The van der Waals surface area contributed by atoms with Gasteiger partial charge < -0.3 is 9.47 Å². The van der Waals surface area contributed by atoms with Gasteiger partial charge in [-0.3, -0.25) is 4.79 Å². The molecule has 0 saturated carbocycles. The number of halogens is 1. The lowest BCUT2D eigenvalue weighted by Crippen LogP contribution is -2.18. The van der Waals surface area contributed by atoms with Gasteiger partial charge in [0.1, 0.15) is 0 Å². The fourth-order valence-corrected chi connectivity index (χ4v) is 3.64. The molecule has 1 amide bonds. The fourth-order valence-electron chi connectivity index (χ4n) is 2.86. The van der Waals surface area contributed by atoms with E-state index in [0.29, 0.717) is 24.5 Å². The first-order valence-electron chi connectivity index (χ1n) is 9.04. The maximum absolute atomic E-state index is 12.6. The van der Waals surface area contributed by atoms with Crippen molar-refractivity contribution in [2.75, 3.05) is 13.2 Å². The molecule has 0 unspecified atom stereocenters. The minimum absolute atomic E-state index is 0.251. The minimum Gasteiger partial charge on any atom is -0.490 e. The Labute approximate surface area is 177 Å². The van der Waals surface area contributed by atoms with Gasteiger partial charge in [0.2, 0.25) is 0 Å². The predicted molar refractivity (Wildman–Crippen MR) is 121 cm³/mol. The molecule has 144 valence electrons. The van der Waals surface area contributed by atoms with Crippen molar-refractivity contribution < 1.29 is 14.3 Å². The number of carbonyl (C=O) groups excluding carboxylic acids is 1. The van der Waals surface area contributed by atoms with Gasteiger partial charge in [0, 0.05) is 5.56 Å². The van der Waals surface area contributed by atoms with Crippen molar-refractivity contribution in [3.63, 3.8) is 0 Å². The predicted octanol–water partition coefficient (Wildman–Crippen LogP) is 5.01. The molecule has 0 radical (unpaired) electrons. The van der Waals surface area contributed by atoms with Crippen molar-refractivity contribution in [2.45, 2.75) is 13.8 Å². The first kappa shape index (κ1) is 20.1. The largest absolute Gasteiger partial charge is 0.490 e. The Morgan fingerprint density at radius 3 is 2.61 bits per heavy atom. The molecule has 0 fully saturated rings. The number of fused-ring (bicyclic) bond motifs is 1. The molecule has 1 N–H and O–H groups in total. The molecule has 0 atom stereocenters. The topological polar surface area (TPSA) is 59.9 Å². The van der Waals surface area contributed by atoms with Gasteiger partial charge in [-0.25, -0.2) is 5.43 Å². The Balaban J connectivity index is 1.79. The summed E-state index contributed by atoms with van der Waals surface area (Å²) in [6.07, 6.45) is 1.60. The van der Waals surface area contributed by atoms with E-state index in [4.69, 9.17) is 9.47 Å². The lowest BCUT2D eigenvalue weighted by Gasteiger charge is -2.13. The van der Waals surface area contributed by atoms with Crippen LogP contribution in [0.5, 0.6) is 11.5 Å². The van der Waals surface area contributed by atoms with Crippen LogP contribution in [0.25, 0.3) is 10.8 Å². The molecule has 3 aromatic carbocycles. The highest BCUT2D eigenvalue weighted by atomic mass is 127. The van der Waals surface area contributed by atoms with E-state index in [0.717, 1.165) is 25.7 Å². The van der Waals surface area contributed by atoms with Crippen molar-refractivity contribution in [3.05, 3.63) is 69.3 Å². The molecular weight excluding hydrogens is 467 g/mol. The van der Waals surface area contributed by atoms with Crippen molar-refractivity contribution in [3.8, 4) is 11.5 Å². The lowest BCUT2D eigenvalue weighted by atomic mass is 10.0. The van der Waals surface area contributed by atoms with Gasteiger partial charge in [-0.1, -0.05) is 36.4 Å². The highest BCUT2D eigenvalue weighted by Gasteiger charge is 2.12. The summed E-state index contributed by atoms with van der Waals surface area (Å²) in [5.74, 6) is 1.14. The summed E-state index contributed by atoms with van der Waals surface area (Å²) in [5.41, 5.74) is 4.01. The molecule has 3 aromatic rings. The number of hydrogen-bond acceptors (Lipinski definition) is 4. The summed E-state index contributed by atoms with van der Waals surface area (Å²) in [6, 6.07) is 17.2. The minimum atomic E-state index is -0.251. The van der Waals surface area contributed by atoms with Gasteiger partial charge >= 0.3 is 0 Å². The smallest absolute Gasteiger partial charge is 0.271 e. The molecular formula is C22H21IN2O3. The third-order valence-electron chi connectivity index (χ3n) is 4.03. The molecule has 0 heterocycles. The van der Waals surface area contributed by atoms with Gasteiger partial charge in [0.25, 0.3) is 5.91 Å². The van der Waals surface area contributed by atoms with Crippen molar-refractivity contribution in [1.82, 2.24) is 5.43 Å². The molecule has 0 aliphatic heterocycles. The molecule has 3 rings (SSSR count). The monoisotopic (exact) mass is 488 g/mol. The first-order chi connectivity index (χ1) is 13.6. The molecule has 0 spiro atoms. The van der Waals surface area contributed by atoms with Crippen molar-refractivity contribution >= 4 is 45.5 Å². The molecule has 0 bridgehead atoms. The Morgan fingerprint density at radius 2 is 1.82 bits per heavy atom. The number of carbonyl (C=O) groups is 1. The highest BCUT2D eigenvalue weighted by Crippen LogP contribution is 2.33. The molecule has 0 saturated heterocycles. The third-order valence-corrected chi connectivity index (χ3v) is 4.84. The Hall–Kier alpha value is -2.61. The molecule has 0 aliphatic rings. The van der Waals surface area contributed by atoms with E-state index >= 15 is 0 Å². The van der Waals surface area contributed by atoms with Crippen molar-refractivity contribution in [1.29, 1.82) is 0 Å². The summed E-state index contributed by atoms with van der Waals surface area (Å²) < 4.78 is 12.3. The second kappa shape index (κ2) is 9.54. The van der Waals surface area contributed by atoms with Gasteiger partial charge in [0.15, 0.2) is 11.5 Å². The van der Waals surface area contributed by atoms with Gasteiger partial charge in [-0.2, -0.15) is 5.10 Å². The number of nitrogens with zero attached hydrogens (tertiary/aromatic N) is 1. The molecule has 28 heavy (non-hydrogen) atoms. The molecule has 0 aromatic heterocycles. The summed E-state index contributed by atoms with van der Waals surface area (Å²) in [7, 11) is 0. The number of amides is 1. The maximum Gasteiger partial charge on any atom is 0.271 e. The van der Waals surface area contributed by atoms with Crippen LogP contribution in [0.4, 0.5) is 0 Å². The maximum atomic E-state index is 12.6. The van der Waals surface area contributed by atoms with E-state index in [1.807, 2.05) is 62.4 Å². The number of hydrogen-bond donors (Lipinski definition) is 1. The number of hydrazone groups is 1. The standard InChI is InChI=1S/C22H21IN2O3/c1-3-27-20-13-15(12-19(23)21(20)28-4-2)14-24-25-22(26)18-11-7-9-16-8-5-6-10-17(16)18/h5-14H,3-4H2,1-2H3,(H,25,26)/b24-14-. The van der Waals surface area contributed by atoms with E-state index in [1.54, 1.807) is 12.3 Å². The van der Waals surface area contributed by atoms with Crippen LogP contribution >= 0.6 is 22.6 Å². The van der Waals surface area contributed by atoms with Crippen molar-refractivity contribution in [2.24, 2.45) is 5.10 Å². The van der Waals surface area contributed by atoms with Gasteiger partial charge in [0.05, 0.1) is 23.0 Å². The van der Waals surface area contributed by atoms with Crippen LogP contribution in [-0.4, -0.2) is 25.3 Å². The number of benzene rings is 3. The Bertz CT molecular complexity index is 1010. The zero-order valence-electron chi connectivity index (χ0n) is 15.7. The lowest BCUT2D eigenvalue weighted by molar-refractivity contribution is 0.0957. The van der Waals surface area contributed by atoms with Crippen LogP contribution in [0.2, 0.25) is 0 Å². The SMILES string of the molecule is CCOc1cc(/C=N\NC(=O)c2cccc3ccccc23)cc(I)c1OCC. The van der Waals surface area contributed by atoms with Gasteiger partial charge in [-0.05, 0) is 71.0 Å². The van der Waals surface area contributed by atoms with Crippen LogP contribution in [0.3, 0.4) is 0 Å². The summed E-state index contributed by atoms with van der Waals surface area (Å²) in [4.78, 5) is 12.6. The Morgan fingerprint density at radius 1 is 1.07 bits per heavy atom.